The first-order valence-corrected chi connectivity index (χ1v) is 8.43. The van der Waals surface area contributed by atoms with Gasteiger partial charge in [-0.15, -0.1) is 11.6 Å². The minimum absolute atomic E-state index is 0.555. The number of hydrogen-bond acceptors (Lipinski definition) is 2. The standard InChI is InChI=1S/C16H28ClN3/c1-12(2)9-10-20(14-7-5-6-8-14)16-15(11-17)13(3)18-19(16)4/h12,14H,5-11H2,1-4H3. The molecule has 1 aliphatic carbocycles. The van der Waals surface area contributed by atoms with E-state index in [0.29, 0.717) is 11.9 Å². The molecule has 114 valence electrons. The molecule has 1 saturated carbocycles. The van der Waals surface area contributed by atoms with Crippen molar-refractivity contribution in [2.75, 3.05) is 11.4 Å². The first kappa shape index (κ1) is 15.7. The SMILES string of the molecule is Cc1nn(C)c(N(CCC(C)C)C2CCCC2)c1CCl. The van der Waals surface area contributed by atoms with Gasteiger partial charge in [-0.25, -0.2) is 0 Å². The fourth-order valence-corrected chi connectivity index (χ4v) is 3.59. The van der Waals surface area contributed by atoms with Crippen LogP contribution in [0.2, 0.25) is 0 Å². The lowest BCUT2D eigenvalue weighted by Crippen LogP contribution is -2.36. The molecule has 2 rings (SSSR count). The molecule has 0 spiro atoms. The van der Waals surface area contributed by atoms with Gasteiger partial charge in [0.15, 0.2) is 0 Å². The van der Waals surface area contributed by atoms with Gasteiger partial charge in [-0.2, -0.15) is 5.10 Å². The molecule has 0 aliphatic heterocycles. The molecule has 3 nitrogen and oxygen atoms in total. The second kappa shape index (κ2) is 6.84. The predicted octanol–water partition coefficient (Wildman–Crippen LogP) is 4.26. The van der Waals surface area contributed by atoms with Gasteiger partial charge in [0.05, 0.1) is 11.6 Å². The molecule has 0 unspecified atom stereocenters. The van der Waals surface area contributed by atoms with E-state index in [4.69, 9.17) is 11.6 Å². The summed E-state index contributed by atoms with van der Waals surface area (Å²) in [4.78, 5) is 2.59. The molecule has 0 aromatic carbocycles. The van der Waals surface area contributed by atoms with E-state index in [0.717, 1.165) is 18.2 Å². The third-order valence-corrected chi connectivity index (χ3v) is 4.70. The van der Waals surface area contributed by atoms with E-state index in [1.165, 1.54) is 43.5 Å². The molecule has 0 saturated heterocycles. The summed E-state index contributed by atoms with van der Waals surface area (Å²) in [5.41, 5.74) is 2.29. The summed E-state index contributed by atoms with van der Waals surface area (Å²) in [6.07, 6.45) is 6.56. The lowest BCUT2D eigenvalue weighted by molar-refractivity contribution is 0.516. The van der Waals surface area contributed by atoms with Gasteiger partial charge < -0.3 is 4.90 Å². The maximum atomic E-state index is 6.18. The summed E-state index contributed by atoms with van der Waals surface area (Å²) in [5.74, 6) is 2.54. The second-order valence-corrected chi connectivity index (χ2v) is 6.73. The number of hydrogen-bond donors (Lipinski definition) is 0. The molecule has 0 amide bonds. The molecule has 1 aromatic heterocycles. The zero-order chi connectivity index (χ0) is 14.7. The summed E-state index contributed by atoms with van der Waals surface area (Å²) >= 11 is 6.18. The molecule has 20 heavy (non-hydrogen) atoms. The zero-order valence-electron chi connectivity index (χ0n) is 13.3. The summed E-state index contributed by atoms with van der Waals surface area (Å²) in [6.45, 7) is 7.77. The van der Waals surface area contributed by atoms with E-state index >= 15 is 0 Å². The molecule has 4 heteroatoms. The van der Waals surface area contributed by atoms with Crippen molar-refractivity contribution in [3.8, 4) is 0 Å². The number of halogens is 1. The Morgan fingerprint density at radius 3 is 2.55 bits per heavy atom. The molecule has 1 fully saturated rings. The van der Waals surface area contributed by atoms with Crippen molar-refractivity contribution in [2.45, 2.75) is 64.8 Å². The summed E-state index contributed by atoms with van der Waals surface area (Å²) < 4.78 is 2.03. The van der Waals surface area contributed by atoms with Crippen molar-refractivity contribution in [3.05, 3.63) is 11.3 Å². The Morgan fingerprint density at radius 1 is 1.35 bits per heavy atom. The maximum Gasteiger partial charge on any atom is 0.131 e. The van der Waals surface area contributed by atoms with Crippen molar-refractivity contribution in [1.82, 2.24) is 9.78 Å². The second-order valence-electron chi connectivity index (χ2n) is 6.46. The fraction of sp³-hybridized carbons (Fsp3) is 0.812. The van der Waals surface area contributed by atoms with Crippen LogP contribution in [0.25, 0.3) is 0 Å². The number of nitrogens with zero attached hydrogens (tertiary/aromatic N) is 3. The Labute approximate surface area is 128 Å². The largest absolute Gasteiger partial charge is 0.354 e. The summed E-state index contributed by atoms with van der Waals surface area (Å²) in [5, 5.41) is 4.59. The maximum absolute atomic E-state index is 6.18. The molecule has 0 radical (unpaired) electrons. The van der Waals surface area contributed by atoms with Crippen LogP contribution in [0.1, 0.15) is 57.2 Å². The first-order chi connectivity index (χ1) is 9.54. The van der Waals surface area contributed by atoms with Crippen LogP contribution in [0.5, 0.6) is 0 Å². The van der Waals surface area contributed by atoms with Gasteiger partial charge in [0.1, 0.15) is 5.82 Å². The van der Waals surface area contributed by atoms with Gasteiger partial charge in [-0.05, 0) is 32.1 Å². The number of anilines is 1. The highest BCUT2D eigenvalue weighted by atomic mass is 35.5. The molecule has 1 heterocycles. The highest BCUT2D eigenvalue weighted by Crippen LogP contribution is 2.32. The van der Waals surface area contributed by atoms with Gasteiger partial charge in [-0.3, -0.25) is 4.68 Å². The predicted molar refractivity (Wildman–Crippen MR) is 86.6 cm³/mol. The van der Waals surface area contributed by atoms with Crippen LogP contribution in [0.15, 0.2) is 0 Å². The Balaban J connectivity index is 2.29. The van der Waals surface area contributed by atoms with Gasteiger partial charge in [-0.1, -0.05) is 26.7 Å². The molecule has 0 bridgehead atoms. The summed E-state index contributed by atoms with van der Waals surface area (Å²) in [6, 6.07) is 0.672. The van der Waals surface area contributed by atoms with E-state index in [2.05, 4.69) is 37.8 Å². The van der Waals surface area contributed by atoms with E-state index in [1.807, 2.05) is 4.68 Å². The van der Waals surface area contributed by atoms with Crippen molar-refractivity contribution in [3.63, 3.8) is 0 Å². The first-order valence-electron chi connectivity index (χ1n) is 7.89. The number of aromatic nitrogens is 2. The average Bonchev–Trinajstić information content (AvgIpc) is 2.99. The van der Waals surface area contributed by atoms with Crippen molar-refractivity contribution >= 4 is 17.4 Å². The quantitative estimate of drug-likeness (QED) is 0.732. The van der Waals surface area contributed by atoms with Crippen molar-refractivity contribution in [2.24, 2.45) is 13.0 Å². The lowest BCUT2D eigenvalue weighted by Gasteiger charge is -2.32. The normalized spacial score (nSPS) is 16.3. The molecular weight excluding hydrogens is 270 g/mol. The Bertz CT molecular complexity index is 433. The number of alkyl halides is 1. The van der Waals surface area contributed by atoms with Gasteiger partial charge in [0.2, 0.25) is 0 Å². The fourth-order valence-electron chi connectivity index (χ4n) is 3.28. The number of rotatable bonds is 6. The Kier molecular flexibility index (Phi) is 5.36. The Hall–Kier alpha value is -0.700. The third kappa shape index (κ3) is 3.30. The summed E-state index contributed by atoms with van der Waals surface area (Å²) in [7, 11) is 2.05. The highest BCUT2D eigenvalue weighted by Gasteiger charge is 2.27. The third-order valence-electron chi connectivity index (χ3n) is 4.43. The van der Waals surface area contributed by atoms with Crippen LogP contribution in [0, 0.1) is 12.8 Å². The number of aryl methyl sites for hydroxylation is 2. The highest BCUT2D eigenvalue weighted by molar-refractivity contribution is 6.17. The molecule has 1 aliphatic rings. The van der Waals surface area contributed by atoms with Crippen LogP contribution < -0.4 is 4.90 Å². The molecule has 1 aromatic rings. The molecule has 0 atom stereocenters. The van der Waals surface area contributed by atoms with Gasteiger partial charge in [0, 0.05) is 25.2 Å². The van der Waals surface area contributed by atoms with E-state index in [9.17, 15) is 0 Å². The zero-order valence-corrected chi connectivity index (χ0v) is 14.1. The molecular formula is C16H28ClN3. The Morgan fingerprint density at radius 2 is 2.00 bits per heavy atom. The van der Waals surface area contributed by atoms with Crippen molar-refractivity contribution < 1.29 is 0 Å². The van der Waals surface area contributed by atoms with Crippen LogP contribution in [-0.4, -0.2) is 22.4 Å². The minimum atomic E-state index is 0.555. The van der Waals surface area contributed by atoms with Crippen LogP contribution in [0.4, 0.5) is 5.82 Å². The van der Waals surface area contributed by atoms with Gasteiger partial charge >= 0.3 is 0 Å². The van der Waals surface area contributed by atoms with Crippen molar-refractivity contribution in [1.29, 1.82) is 0 Å². The van der Waals surface area contributed by atoms with Crippen LogP contribution in [-0.2, 0) is 12.9 Å². The smallest absolute Gasteiger partial charge is 0.131 e. The van der Waals surface area contributed by atoms with E-state index < -0.39 is 0 Å². The average molecular weight is 298 g/mol. The monoisotopic (exact) mass is 297 g/mol. The topological polar surface area (TPSA) is 21.1 Å². The molecule has 0 N–H and O–H groups in total. The van der Waals surface area contributed by atoms with Crippen LogP contribution >= 0.6 is 11.6 Å². The van der Waals surface area contributed by atoms with E-state index in [1.54, 1.807) is 0 Å². The lowest BCUT2D eigenvalue weighted by atomic mass is 10.1. The van der Waals surface area contributed by atoms with Gasteiger partial charge in [0.25, 0.3) is 0 Å². The minimum Gasteiger partial charge on any atom is -0.354 e. The van der Waals surface area contributed by atoms with Crippen LogP contribution in [0.3, 0.4) is 0 Å². The van der Waals surface area contributed by atoms with E-state index in [-0.39, 0.29) is 0 Å².